The molecule has 1 radical (unpaired) electrons. The first kappa shape index (κ1) is 21.4. The fraction of sp³-hybridized carbons (Fsp3) is 0.240. The summed E-state index contributed by atoms with van der Waals surface area (Å²) in [5, 5.41) is 0. The van der Waals surface area contributed by atoms with Crippen LogP contribution in [0.5, 0.6) is 5.75 Å². The molecule has 0 spiro atoms. The molecular formula is C25H28N2O3P. The van der Waals surface area contributed by atoms with Crippen LogP contribution >= 0.6 is 7.79 Å². The highest BCUT2D eigenvalue weighted by Crippen LogP contribution is 2.76. The Morgan fingerprint density at radius 2 is 1.39 bits per heavy atom. The minimum absolute atomic E-state index is 0.0576. The van der Waals surface area contributed by atoms with Gasteiger partial charge in [0.1, 0.15) is 11.5 Å². The van der Waals surface area contributed by atoms with Crippen molar-refractivity contribution in [1.29, 1.82) is 0 Å². The Kier molecular flexibility index (Phi) is 6.26. The first-order valence-corrected chi connectivity index (χ1v) is 12.2. The number of ether oxygens (including phenoxy) is 1. The number of hydrogen-bond donors (Lipinski definition) is 1. The van der Waals surface area contributed by atoms with Crippen LogP contribution in [0, 0.1) is 0 Å². The normalized spacial score (nSPS) is 16.2. The number of rotatable bonds is 7. The van der Waals surface area contributed by atoms with Crippen molar-refractivity contribution < 1.29 is 14.4 Å². The van der Waals surface area contributed by atoms with Crippen LogP contribution in [0.25, 0.3) is 0 Å². The highest BCUT2D eigenvalue weighted by atomic mass is 31.2. The van der Waals surface area contributed by atoms with Gasteiger partial charge in [-0.1, -0.05) is 48.5 Å². The number of anilines is 2. The Labute approximate surface area is 184 Å². The predicted molar refractivity (Wildman–Crippen MR) is 128 cm³/mol. The van der Waals surface area contributed by atoms with Gasteiger partial charge in [0, 0.05) is 30.9 Å². The summed E-state index contributed by atoms with van der Waals surface area (Å²) in [4.78, 5) is 25.0. The average Bonchev–Trinajstić information content (AvgIpc) is 3.16. The topological polar surface area (TPSA) is 53.0 Å². The smallest absolute Gasteiger partial charge is 0.169 e. The maximum atomic E-state index is 12.6. The lowest BCUT2D eigenvalue weighted by molar-refractivity contribution is -0.117. The van der Waals surface area contributed by atoms with Gasteiger partial charge in [0.15, 0.2) is 7.79 Å². The van der Waals surface area contributed by atoms with E-state index in [4.69, 9.17) is 4.74 Å². The lowest BCUT2D eigenvalue weighted by Gasteiger charge is -2.47. The molecule has 3 aromatic carbocycles. The third kappa shape index (κ3) is 4.16. The second-order valence-corrected chi connectivity index (χ2v) is 10.5. The van der Waals surface area contributed by atoms with E-state index in [2.05, 4.69) is 9.34 Å². The van der Waals surface area contributed by atoms with E-state index in [1.165, 1.54) is 0 Å². The van der Waals surface area contributed by atoms with E-state index in [9.17, 15) is 9.69 Å². The van der Waals surface area contributed by atoms with Gasteiger partial charge in [0.05, 0.1) is 12.8 Å². The molecule has 1 unspecified atom stereocenters. The fourth-order valence-electron chi connectivity index (χ4n) is 4.29. The molecule has 1 N–H and O–H groups in total. The van der Waals surface area contributed by atoms with Crippen LogP contribution in [0.15, 0.2) is 84.9 Å². The van der Waals surface area contributed by atoms with E-state index in [-0.39, 0.29) is 17.9 Å². The number of hydrogen-bond acceptors (Lipinski definition) is 5. The maximum Gasteiger partial charge on any atom is 0.169 e. The molecule has 1 aliphatic rings. The second-order valence-electron chi connectivity index (χ2n) is 7.73. The van der Waals surface area contributed by atoms with Crippen LogP contribution in [0.1, 0.15) is 24.6 Å². The molecule has 3 aromatic rings. The first-order chi connectivity index (χ1) is 15.0. The molecular weight excluding hydrogens is 407 g/mol. The van der Waals surface area contributed by atoms with Gasteiger partial charge in [0.25, 0.3) is 0 Å². The highest BCUT2D eigenvalue weighted by Gasteiger charge is 2.51. The van der Waals surface area contributed by atoms with Gasteiger partial charge in [-0.3, -0.25) is 4.79 Å². The summed E-state index contributed by atoms with van der Waals surface area (Å²) < 4.78 is 9.57. The molecule has 1 saturated heterocycles. The third-order valence-electron chi connectivity index (χ3n) is 5.74. The Balaban J connectivity index is 1.86. The number of benzene rings is 3. The first-order valence-electron chi connectivity index (χ1n) is 10.4. The van der Waals surface area contributed by atoms with Crippen molar-refractivity contribution in [1.82, 2.24) is 0 Å². The zero-order chi connectivity index (χ0) is 21.8. The molecule has 6 heteroatoms. The van der Waals surface area contributed by atoms with Crippen molar-refractivity contribution in [3.63, 3.8) is 0 Å². The Bertz CT molecular complexity index is 964. The largest absolute Gasteiger partial charge is 0.497 e. The quantitative estimate of drug-likeness (QED) is 0.497. The molecule has 0 bridgehead atoms. The van der Waals surface area contributed by atoms with Gasteiger partial charge >= 0.3 is 0 Å². The number of carbonyl (C=O) groups is 1. The van der Waals surface area contributed by atoms with Crippen molar-refractivity contribution in [2.75, 3.05) is 29.5 Å². The van der Waals surface area contributed by atoms with E-state index in [0.29, 0.717) is 13.1 Å². The van der Waals surface area contributed by atoms with Crippen molar-refractivity contribution in [2.45, 2.75) is 19.0 Å². The van der Waals surface area contributed by atoms with E-state index in [0.717, 1.165) is 22.7 Å². The summed E-state index contributed by atoms with van der Waals surface area (Å²) in [6, 6.07) is 27.7. The number of nitrogens with zero attached hydrogens (tertiary/aromatic N) is 2. The highest BCUT2D eigenvalue weighted by molar-refractivity contribution is 7.74. The zero-order valence-electron chi connectivity index (χ0n) is 17.9. The molecule has 31 heavy (non-hydrogen) atoms. The number of carbonyl (C=O) groups excluding carboxylic acids is 1. The average molecular weight is 435 g/mol. The van der Waals surface area contributed by atoms with E-state index >= 15 is 0 Å². The summed E-state index contributed by atoms with van der Waals surface area (Å²) in [5.41, 5.74) is 2.53. The molecule has 1 aliphatic heterocycles. The molecule has 0 amide bonds. The number of Topliss-reactive ketones (excluding diaryl/α,β-unsaturated/α-hetero) is 1. The van der Waals surface area contributed by atoms with Crippen LogP contribution < -0.4 is 14.1 Å². The Morgan fingerprint density at radius 3 is 1.81 bits per heavy atom. The molecule has 5 nitrogen and oxygen atoms in total. The van der Waals surface area contributed by atoms with Crippen LogP contribution in [0.4, 0.5) is 11.4 Å². The SMILES string of the molecule is COc1ccc(C(CC(C)=O)[P]2(O)N(c3ccccc3)CCN2c2ccccc2)cc1. The van der Waals surface area contributed by atoms with Crippen LogP contribution in [0.2, 0.25) is 0 Å². The Morgan fingerprint density at radius 1 is 0.903 bits per heavy atom. The van der Waals surface area contributed by atoms with E-state index in [1.54, 1.807) is 14.0 Å². The third-order valence-corrected chi connectivity index (χ3v) is 9.34. The lowest BCUT2D eigenvalue weighted by atomic mass is 10.1. The minimum atomic E-state index is -2.99. The standard InChI is InChI=1S/C25H28N2O3P/c1-20(28)19-25(21-13-15-24(30-2)16-14-21)31(29)26(22-9-5-3-6-10-22)17-18-27(31)23-11-7-4-8-12-23/h3-16,25,29H,17-19H2,1-2H3. The molecule has 0 saturated carbocycles. The summed E-state index contributed by atoms with van der Waals surface area (Å²) >= 11 is 0. The van der Waals surface area contributed by atoms with Crippen molar-refractivity contribution in [3.8, 4) is 5.75 Å². The fourth-order valence-corrected chi connectivity index (χ4v) is 8.01. The molecule has 161 valence electrons. The molecule has 1 heterocycles. The van der Waals surface area contributed by atoms with Crippen LogP contribution in [0.3, 0.4) is 0 Å². The van der Waals surface area contributed by atoms with Gasteiger partial charge in [0.2, 0.25) is 0 Å². The summed E-state index contributed by atoms with van der Waals surface area (Å²) in [7, 11) is -1.36. The number of para-hydroxylation sites is 2. The number of methoxy groups -OCH3 is 1. The van der Waals surface area contributed by atoms with Crippen molar-refractivity contribution >= 4 is 24.9 Å². The molecule has 0 aromatic heterocycles. The van der Waals surface area contributed by atoms with Gasteiger partial charge in [-0.05, 0) is 48.9 Å². The van der Waals surface area contributed by atoms with Gasteiger partial charge in [-0.15, -0.1) is 0 Å². The monoisotopic (exact) mass is 435 g/mol. The number of ketones is 1. The van der Waals surface area contributed by atoms with Crippen molar-refractivity contribution in [3.05, 3.63) is 90.5 Å². The molecule has 4 rings (SSSR count). The summed E-state index contributed by atoms with van der Waals surface area (Å²) in [6.07, 6.45) is 0.267. The molecule has 1 fully saturated rings. The van der Waals surface area contributed by atoms with Crippen molar-refractivity contribution in [2.24, 2.45) is 0 Å². The zero-order valence-corrected chi connectivity index (χ0v) is 18.8. The van der Waals surface area contributed by atoms with E-state index in [1.807, 2.05) is 84.9 Å². The Hall–Kier alpha value is -2.88. The maximum absolute atomic E-state index is 12.6. The molecule has 0 aliphatic carbocycles. The van der Waals surface area contributed by atoms with Crippen LogP contribution in [-0.4, -0.2) is 30.9 Å². The second kappa shape index (κ2) is 9.09. The summed E-state index contributed by atoms with van der Waals surface area (Å²) in [6.45, 7) is 2.97. The predicted octanol–water partition coefficient (Wildman–Crippen LogP) is 5.50. The minimum Gasteiger partial charge on any atom is -0.497 e. The van der Waals surface area contributed by atoms with Crippen LogP contribution in [-0.2, 0) is 4.79 Å². The van der Waals surface area contributed by atoms with Gasteiger partial charge in [-0.25, -0.2) is 0 Å². The molecule has 1 atom stereocenters. The summed E-state index contributed by atoms with van der Waals surface area (Å²) in [5.74, 6) is 0.809. The van der Waals surface area contributed by atoms with E-state index < -0.39 is 7.79 Å². The van der Waals surface area contributed by atoms with Gasteiger partial charge in [-0.2, -0.15) is 0 Å². The lowest BCUT2D eigenvalue weighted by Crippen LogP contribution is -2.30. The van der Waals surface area contributed by atoms with Gasteiger partial charge < -0.3 is 19.0 Å².